The van der Waals surface area contributed by atoms with Gasteiger partial charge in [0.2, 0.25) is 0 Å². The molecule has 4 N–H and O–H groups in total. The van der Waals surface area contributed by atoms with E-state index in [9.17, 15) is 4.79 Å². The van der Waals surface area contributed by atoms with E-state index in [2.05, 4.69) is 27.1 Å². The number of amides is 1. The number of rotatable bonds is 7. The van der Waals surface area contributed by atoms with Crippen molar-refractivity contribution in [3.8, 4) is 5.88 Å². The van der Waals surface area contributed by atoms with Gasteiger partial charge in [0.15, 0.2) is 0 Å². The predicted octanol–water partition coefficient (Wildman–Crippen LogP) is 4.25. The molecule has 142 valence electrons. The first-order valence-electron chi connectivity index (χ1n) is 8.13. The van der Waals surface area contributed by atoms with Crippen LogP contribution in [0.1, 0.15) is 21.6 Å². The molecule has 3 rings (SSSR count). The van der Waals surface area contributed by atoms with Crippen LogP contribution in [0.3, 0.4) is 0 Å². The molecule has 0 bridgehead atoms. The van der Waals surface area contributed by atoms with E-state index in [0.717, 1.165) is 5.69 Å². The largest absolute Gasteiger partial charge is 0.471 e. The molecule has 2 heterocycles. The molecule has 0 radical (unpaired) electrons. The minimum Gasteiger partial charge on any atom is -0.471 e. The van der Waals surface area contributed by atoms with Gasteiger partial charge in [-0.3, -0.25) is 14.9 Å². The van der Waals surface area contributed by atoms with Crippen LogP contribution >= 0.6 is 23.8 Å². The van der Waals surface area contributed by atoms with Gasteiger partial charge < -0.3 is 15.8 Å². The molecular weight excluding hydrogens is 398 g/mol. The maximum absolute atomic E-state index is 11.2. The Balaban J connectivity index is 1.80. The van der Waals surface area contributed by atoms with E-state index in [1.54, 1.807) is 30.3 Å². The fourth-order valence-corrected chi connectivity index (χ4v) is 2.78. The van der Waals surface area contributed by atoms with E-state index in [1.165, 1.54) is 6.20 Å². The van der Waals surface area contributed by atoms with Crippen LogP contribution in [0.5, 0.6) is 5.88 Å². The van der Waals surface area contributed by atoms with Gasteiger partial charge in [0.05, 0.1) is 0 Å². The number of carbonyl (C=O) groups is 1. The van der Waals surface area contributed by atoms with Gasteiger partial charge in [0, 0.05) is 22.5 Å². The highest BCUT2D eigenvalue weighted by molar-refractivity contribution is 7.71. The number of nitrogens with two attached hydrogens (primary N) is 1. The molecule has 0 aliphatic heterocycles. The Morgan fingerprint density at radius 2 is 2.11 bits per heavy atom. The fraction of sp³-hybridized carbons (Fsp3) is 0.0526. The molecule has 3 aromatic rings. The van der Waals surface area contributed by atoms with Crippen molar-refractivity contribution in [2.45, 2.75) is 6.61 Å². The molecule has 7 nitrogen and oxygen atoms in total. The maximum atomic E-state index is 11.2. The topological polar surface area (TPSA) is 106 Å². The zero-order chi connectivity index (χ0) is 20.1. The van der Waals surface area contributed by atoms with Crippen LogP contribution in [0.15, 0.2) is 49.2 Å². The second kappa shape index (κ2) is 8.64. The number of hydrogen-bond donors (Lipinski definition) is 3. The molecule has 0 fully saturated rings. The molecule has 28 heavy (non-hydrogen) atoms. The Kier molecular flexibility index (Phi) is 6.03. The first kappa shape index (κ1) is 19.5. The Morgan fingerprint density at radius 3 is 2.79 bits per heavy atom. The van der Waals surface area contributed by atoms with Crippen LogP contribution in [0.25, 0.3) is 6.08 Å². The molecule has 0 aliphatic rings. The monoisotopic (exact) mass is 413 g/mol. The van der Waals surface area contributed by atoms with Crippen LogP contribution in [0, 0.1) is 4.51 Å². The van der Waals surface area contributed by atoms with Gasteiger partial charge in [0.1, 0.15) is 22.6 Å². The molecule has 0 saturated heterocycles. The second-order valence-electron chi connectivity index (χ2n) is 5.68. The zero-order valence-electron chi connectivity index (χ0n) is 14.6. The Morgan fingerprint density at radius 1 is 1.36 bits per heavy atom. The Hall–Kier alpha value is -3.23. The van der Waals surface area contributed by atoms with Gasteiger partial charge in [-0.15, -0.1) is 5.10 Å². The predicted molar refractivity (Wildman–Crippen MR) is 111 cm³/mol. The van der Waals surface area contributed by atoms with Gasteiger partial charge in [-0.05, 0) is 42.0 Å². The number of halogens is 1. The van der Waals surface area contributed by atoms with Crippen LogP contribution in [-0.4, -0.2) is 21.1 Å². The number of primary amides is 1. The molecule has 0 aliphatic carbocycles. The number of pyridine rings is 1. The molecule has 1 aromatic carbocycles. The minimum atomic E-state index is -0.608. The number of aromatic amines is 1. The van der Waals surface area contributed by atoms with Gasteiger partial charge in [-0.1, -0.05) is 36.5 Å². The maximum Gasteiger partial charge on any atom is 0.267 e. The van der Waals surface area contributed by atoms with Crippen molar-refractivity contribution in [3.63, 3.8) is 0 Å². The third-order valence-corrected chi connectivity index (χ3v) is 4.39. The number of nitrogens with one attached hydrogen (secondary N) is 2. The van der Waals surface area contributed by atoms with Crippen molar-refractivity contribution in [2.24, 2.45) is 5.73 Å². The summed E-state index contributed by atoms with van der Waals surface area (Å²) in [5.74, 6) is 0.211. The molecule has 0 atom stereocenters. The Labute approximate surface area is 171 Å². The van der Waals surface area contributed by atoms with Crippen molar-refractivity contribution in [2.75, 3.05) is 5.32 Å². The number of nitrogens with zero attached hydrogens (tertiary/aromatic N) is 2. The van der Waals surface area contributed by atoms with E-state index in [4.69, 9.17) is 34.3 Å². The van der Waals surface area contributed by atoms with E-state index < -0.39 is 5.91 Å². The lowest BCUT2D eigenvalue weighted by Gasteiger charge is -2.12. The van der Waals surface area contributed by atoms with Crippen molar-refractivity contribution in [1.29, 1.82) is 0 Å². The van der Waals surface area contributed by atoms with Crippen molar-refractivity contribution < 1.29 is 9.53 Å². The number of carbonyl (C=O) groups excluding carboxylic acids is 1. The third-order valence-electron chi connectivity index (χ3n) is 3.75. The number of aromatic nitrogens is 3. The number of H-pyrrole nitrogens is 1. The van der Waals surface area contributed by atoms with Crippen LogP contribution in [0.2, 0.25) is 5.02 Å². The first-order valence-corrected chi connectivity index (χ1v) is 8.92. The van der Waals surface area contributed by atoms with E-state index in [1.807, 2.05) is 12.1 Å². The average Bonchev–Trinajstić information content (AvgIpc) is 2.69. The lowest BCUT2D eigenvalue weighted by atomic mass is 10.2. The summed E-state index contributed by atoms with van der Waals surface area (Å²) in [6.07, 6.45) is 3.10. The van der Waals surface area contributed by atoms with Gasteiger partial charge in [-0.2, -0.15) is 0 Å². The summed E-state index contributed by atoms with van der Waals surface area (Å²) in [4.78, 5) is 15.1. The van der Waals surface area contributed by atoms with E-state index >= 15 is 0 Å². The van der Waals surface area contributed by atoms with Crippen LogP contribution in [-0.2, 0) is 6.61 Å². The average molecular weight is 414 g/mol. The quantitative estimate of drug-likeness (QED) is 0.500. The fourth-order valence-electron chi connectivity index (χ4n) is 2.36. The standard InChI is InChI=1S/C19H16ClN5O2S/c1-2-14-16(28)19(27-10-11-7-8-22-15(9-11)17(21)26)25-24-18(14)23-13-5-3-12(20)4-6-13/h2-9H,1,10H2,(H2,21,26)(H2,23,24,28). The molecule has 9 heteroatoms. The molecule has 2 aromatic heterocycles. The molecule has 1 amide bonds. The summed E-state index contributed by atoms with van der Waals surface area (Å²) in [6, 6.07) is 10.5. The van der Waals surface area contributed by atoms with Crippen LogP contribution in [0.4, 0.5) is 11.5 Å². The van der Waals surface area contributed by atoms with Gasteiger partial charge in [-0.25, -0.2) is 0 Å². The summed E-state index contributed by atoms with van der Waals surface area (Å²) in [5, 5.41) is 10.9. The zero-order valence-corrected chi connectivity index (χ0v) is 16.2. The summed E-state index contributed by atoms with van der Waals surface area (Å²) in [5.41, 5.74) is 7.56. The normalized spacial score (nSPS) is 10.3. The molecule has 0 spiro atoms. The lowest BCUT2D eigenvalue weighted by Crippen LogP contribution is -2.13. The summed E-state index contributed by atoms with van der Waals surface area (Å²) >= 11 is 11.4. The highest BCUT2D eigenvalue weighted by Crippen LogP contribution is 2.25. The number of anilines is 2. The van der Waals surface area contributed by atoms with Crippen molar-refractivity contribution >= 4 is 47.3 Å². The van der Waals surface area contributed by atoms with E-state index in [0.29, 0.717) is 26.5 Å². The number of hydrogen-bond acceptors (Lipinski definition) is 6. The molecular formula is C19H16ClN5O2S. The summed E-state index contributed by atoms with van der Waals surface area (Å²) < 4.78 is 6.10. The smallest absolute Gasteiger partial charge is 0.267 e. The molecule has 0 saturated carbocycles. The number of benzene rings is 1. The lowest BCUT2D eigenvalue weighted by molar-refractivity contribution is 0.0995. The SMILES string of the molecule is C=Cc1c(Nc2ccc(Cl)cc2)[nH]nc(OCc2ccnc(C(N)=O)c2)c1=S. The highest BCUT2D eigenvalue weighted by atomic mass is 35.5. The minimum absolute atomic E-state index is 0.147. The first-order chi connectivity index (χ1) is 13.5. The summed E-state index contributed by atoms with van der Waals surface area (Å²) in [7, 11) is 0. The second-order valence-corrected chi connectivity index (χ2v) is 6.53. The third kappa shape index (κ3) is 4.54. The van der Waals surface area contributed by atoms with Crippen LogP contribution < -0.4 is 15.8 Å². The van der Waals surface area contributed by atoms with Crippen molar-refractivity contribution in [3.05, 3.63) is 75.5 Å². The van der Waals surface area contributed by atoms with Gasteiger partial charge >= 0.3 is 0 Å². The van der Waals surface area contributed by atoms with Crippen molar-refractivity contribution in [1.82, 2.24) is 15.2 Å². The highest BCUT2D eigenvalue weighted by Gasteiger charge is 2.10. The summed E-state index contributed by atoms with van der Waals surface area (Å²) in [6.45, 7) is 3.95. The van der Waals surface area contributed by atoms with Gasteiger partial charge in [0.25, 0.3) is 11.8 Å². The molecule has 0 unspecified atom stereocenters. The Bertz CT molecular complexity index is 1080. The number of ether oxygens (including phenoxy) is 1. The van der Waals surface area contributed by atoms with E-state index in [-0.39, 0.29) is 18.2 Å².